The number of aliphatic hydroxyl groups excluding tert-OH is 1. The first-order valence-corrected chi connectivity index (χ1v) is 5.23. The Bertz CT molecular complexity index is 357. The van der Waals surface area contributed by atoms with Gasteiger partial charge in [-0.1, -0.05) is 12.1 Å². The number of esters is 1. The number of carbonyl (C=O) groups is 1. The number of carbonyl (C=O) groups excluding carboxylic acids is 1. The van der Waals surface area contributed by atoms with Gasteiger partial charge in [0.25, 0.3) is 0 Å². The van der Waals surface area contributed by atoms with Crippen molar-refractivity contribution in [1.29, 1.82) is 0 Å². The topological polar surface area (TPSA) is 72.5 Å². The van der Waals surface area contributed by atoms with Gasteiger partial charge in [-0.2, -0.15) is 0 Å². The van der Waals surface area contributed by atoms with E-state index in [-0.39, 0.29) is 31.0 Å². The summed E-state index contributed by atoms with van der Waals surface area (Å²) >= 11 is 0. The molecule has 0 radical (unpaired) electrons. The van der Waals surface area contributed by atoms with Crippen molar-refractivity contribution in [3.63, 3.8) is 0 Å². The van der Waals surface area contributed by atoms with Crippen molar-refractivity contribution in [3.8, 4) is 0 Å². The molecule has 1 aromatic rings. The summed E-state index contributed by atoms with van der Waals surface area (Å²) in [6.45, 7) is 0.129. The van der Waals surface area contributed by atoms with Gasteiger partial charge in [0.05, 0.1) is 12.7 Å². The summed E-state index contributed by atoms with van der Waals surface area (Å²) in [5, 5.41) is 8.71. The lowest BCUT2D eigenvalue weighted by Crippen LogP contribution is -2.12. The van der Waals surface area contributed by atoms with Gasteiger partial charge >= 0.3 is 5.97 Å². The van der Waals surface area contributed by atoms with Gasteiger partial charge in [0.15, 0.2) is 0 Å². The third-order valence-corrected chi connectivity index (χ3v) is 2.41. The van der Waals surface area contributed by atoms with Gasteiger partial charge in [-0.15, -0.1) is 12.4 Å². The smallest absolute Gasteiger partial charge is 0.337 e. The molecule has 0 spiro atoms. The Hall–Kier alpha value is -1.10. The molecule has 4 nitrogen and oxygen atoms in total. The summed E-state index contributed by atoms with van der Waals surface area (Å²) in [4.78, 5) is 11.3. The number of aliphatic hydroxyl groups is 1. The van der Waals surface area contributed by atoms with E-state index < -0.39 is 0 Å². The first kappa shape index (κ1) is 15.9. The van der Waals surface area contributed by atoms with Crippen LogP contribution < -0.4 is 5.73 Å². The van der Waals surface area contributed by atoms with E-state index in [4.69, 9.17) is 10.8 Å². The Morgan fingerprint density at radius 2 is 2.24 bits per heavy atom. The summed E-state index contributed by atoms with van der Waals surface area (Å²) in [7, 11) is 1.35. The van der Waals surface area contributed by atoms with Crippen molar-refractivity contribution in [2.45, 2.75) is 18.9 Å². The molecular formula is C12H18ClNO3. The molecule has 1 atom stereocenters. The quantitative estimate of drug-likeness (QED) is 0.789. The van der Waals surface area contributed by atoms with Crippen LogP contribution in [0.15, 0.2) is 24.3 Å². The molecule has 0 aliphatic heterocycles. The fourth-order valence-electron chi connectivity index (χ4n) is 1.49. The molecule has 0 fully saturated rings. The standard InChI is InChI=1S/C12H17NO3.ClH/c1-16-12(15)10-5-2-4-9(8-10)11(13)6-3-7-14;/h2,4-5,8,11,14H,3,6-7,13H2,1H3;1H/t11-;/m0./s1. The van der Waals surface area contributed by atoms with Crippen molar-refractivity contribution < 1.29 is 14.6 Å². The SMILES string of the molecule is COC(=O)c1cccc([C@@H](N)CCCO)c1.Cl. The fourth-order valence-corrected chi connectivity index (χ4v) is 1.49. The molecule has 1 aromatic carbocycles. The maximum atomic E-state index is 11.3. The Morgan fingerprint density at radius 1 is 1.53 bits per heavy atom. The summed E-state index contributed by atoms with van der Waals surface area (Å²) < 4.78 is 4.63. The monoisotopic (exact) mass is 259 g/mol. The molecule has 0 unspecified atom stereocenters. The zero-order chi connectivity index (χ0) is 12.0. The second-order valence-corrected chi connectivity index (χ2v) is 3.59. The second kappa shape index (κ2) is 8.06. The maximum absolute atomic E-state index is 11.3. The molecule has 1 rings (SSSR count). The lowest BCUT2D eigenvalue weighted by Gasteiger charge is -2.11. The highest BCUT2D eigenvalue weighted by Crippen LogP contribution is 2.17. The predicted octanol–water partition coefficient (Wildman–Crippen LogP) is 1.67. The zero-order valence-electron chi connectivity index (χ0n) is 9.76. The van der Waals surface area contributed by atoms with Crippen LogP contribution in [0.1, 0.15) is 34.8 Å². The second-order valence-electron chi connectivity index (χ2n) is 3.59. The number of hydrogen-bond donors (Lipinski definition) is 2. The number of ether oxygens (including phenoxy) is 1. The highest BCUT2D eigenvalue weighted by molar-refractivity contribution is 5.89. The molecule has 0 saturated heterocycles. The number of benzene rings is 1. The van der Waals surface area contributed by atoms with Crippen LogP contribution in [0.5, 0.6) is 0 Å². The van der Waals surface area contributed by atoms with Crippen molar-refractivity contribution >= 4 is 18.4 Å². The predicted molar refractivity (Wildman–Crippen MR) is 68.3 cm³/mol. The number of methoxy groups -OCH3 is 1. The van der Waals surface area contributed by atoms with E-state index in [1.54, 1.807) is 18.2 Å². The first-order chi connectivity index (χ1) is 7.69. The Balaban J connectivity index is 0.00000256. The largest absolute Gasteiger partial charge is 0.465 e. The van der Waals surface area contributed by atoms with Gasteiger partial charge in [0.2, 0.25) is 0 Å². The van der Waals surface area contributed by atoms with Crippen LogP contribution in [-0.2, 0) is 4.74 Å². The minimum atomic E-state index is -0.365. The highest BCUT2D eigenvalue weighted by atomic mass is 35.5. The van der Waals surface area contributed by atoms with E-state index in [0.29, 0.717) is 18.4 Å². The van der Waals surface area contributed by atoms with Crippen LogP contribution in [-0.4, -0.2) is 24.8 Å². The number of nitrogens with two attached hydrogens (primary N) is 1. The van der Waals surface area contributed by atoms with Crippen molar-refractivity contribution in [2.24, 2.45) is 5.73 Å². The van der Waals surface area contributed by atoms with Gasteiger partial charge in [0, 0.05) is 12.6 Å². The molecule has 0 bridgehead atoms. The van der Waals surface area contributed by atoms with E-state index in [1.807, 2.05) is 6.07 Å². The van der Waals surface area contributed by atoms with Crippen LogP contribution in [0.4, 0.5) is 0 Å². The van der Waals surface area contributed by atoms with Crippen molar-refractivity contribution in [1.82, 2.24) is 0 Å². The summed E-state index contributed by atoms with van der Waals surface area (Å²) in [6, 6.07) is 6.91. The van der Waals surface area contributed by atoms with Gasteiger partial charge < -0.3 is 15.6 Å². The van der Waals surface area contributed by atoms with E-state index in [2.05, 4.69) is 4.74 Å². The fraction of sp³-hybridized carbons (Fsp3) is 0.417. The van der Waals surface area contributed by atoms with E-state index in [1.165, 1.54) is 7.11 Å². The van der Waals surface area contributed by atoms with Crippen molar-refractivity contribution in [3.05, 3.63) is 35.4 Å². The number of rotatable bonds is 5. The molecule has 0 amide bonds. The van der Waals surface area contributed by atoms with Gasteiger partial charge in [-0.3, -0.25) is 0 Å². The minimum absolute atomic E-state index is 0. The first-order valence-electron chi connectivity index (χ1n) is 5.23. The molecule has 0 aliphatic carbocycles. The summed E-state index contributed by atoms with van der Waals surface area (Å²) in [5.41, 5.74) is 7.31. The zero-order valence-corrected chi connectivity index (χ0v) is 10.6. The normalized spacial score (nSPS) is 11.5. The molecular weight excluding hydrogens is 242 g/mol. The van der Waals surface area contributed by atoms with E-state index in [9.17, 15) is 4.79 Å². The highest BCUT2D eigenvalue weighted by Gasteiger charge is 2.09. The third kappa shape index (κ3) is 4.73. The van der Waals surface area contributed by atoms with E-state index in [0.717, 1.165) is 5.56 Å². The molecule has 0 heterocycles. The Kier molecular flexibility index (Phi) is 7.54. The van der Waals surface area contributed by atoms with Gasteiger partial charge in [0.1, 0.15) is 0 Å². The molecule has 0 aromatic heterocycles. The van der Waals surface area contributed by atoms with E-state index >= 15 is 0 Å². The van der Waals surface area contributed by atoms with Crippen molar-refractivity contribution in [2.75, 3.05) is 13.7 Å². The minimum Gasteiger partial charge on any atom is -0.465 e. The Morgan fingerprint density at radius 3 is 2.82 bits per heavy atom. The molecule has 5 heteroatoms. The molecule has 3 N–H and O–H groups in total. The van der Waals surface area contributed by atoms with Crippen LogP contribution in [0, 0.1) is 0 Å². The average Bonchev–Trinajstić information content (AvgIpc) is 2.35. The van der Waals surface area contributed by atoms with Gasteiger partial charge in [-0.25, -0.2) is 4.79 Å². The molecule has 17 heavy (non-hydrogen) atoms. The summed E-state index contributed by atoms with van der Waals surface area (Å²) in [5.74, 6) is -0.365. The van der Waals surface area contributed by atoms with Crippen LogP contribution in [0.25, 0.3) is 0 Å². The third-order valence-electron chi connectivity index (χ3n) is 2.41. The number of halogens is 1. The van der Waals surface area contributed by atoms with Crippen LogP contribution >= 0.6 is 12.4 Å². The lowest BCUT2D eigenvalue weighted by atomic mass is 10.0. The lowest BCUT2D eigenvalue weighted by molar-refractivity contribution is 0.0600. The molecule has 96 valence electrons. The van der Waals surface area contributed by atoms with Crippen LogP contribution in [0.2, 0.25) is 0 Å². The van der Waals surface area contributed by atoms with Gasteiger partial charge in [-0.05, 0) is 30.5 Å². The maximum Gasteiger partial charge on any atom is 0.337 e. The average molecular weight is 260 g/mol. The summed E-state index contributed by atoms with van der Waals surface area (Å²) in [6.07, 6.45) is 1.35. The molecule has 0 saturated carbocycles. The Labute approximate surface area is 107 Å². The molecule has 0 aliphatic rings. The number of hydrogen-bond acceptors (Lipinski definition) is 4. The van der Waals surface area contributed by atoms with Crippen LogP contribution in [0.3, 0.4) is 0 Å².